The van der Waals surface area contributed by atoms with Crippen molar-refractivity contribution < 1.29 is 33.9 Å². The highest BCUT2D eigenvalue weighted by Crippen LogP contribution is 2.20. The molecule has 0 saturated heterocycles. The van der Waals surface area contributed by atoms with Crippen LogP contribution in [-0.2, 0) is 14.1 Å². The molecule has 3 N–H and O–H groups in total. The molecule has 0 aromatic heterocycles. The minimum Gasteiger partial charge on any atom is -0.476 e. The molecular formula is C25H33N3O7Si. The standard InChI is InChI=1S/C25H33N3O7Si/c1-24(2,3)28(35-36(4)5)26-17-18-11-13-19(14-12-18)22(31)27-25(23(32)33,21(30)15-16-29)34-20-9-7-6-8-10-20/h6-14,17,29,36H,15-16H2,1-5H3,(H,27,31)(H,32,33)/b26-17+. The van der Waals surface area contributed by atoms with Crippen LogP contribution in [0.5, 0.6) is 5.75 Å². The van der Waals surface area contributed by atoms with Gasteiger partial charge in [0.2, 0.25) is 14.8 Å². The summed E-state index contributed by atoms with van der Waals surface area (Å²) in [5, 5.41) is 27.3. The number of para-hydroxylation sites is 1. The van der Waals surface area contributed by atoms with Gasteiger partial charge in [-0.1, -0.05) is 30.3 Å². The zero-order valence-corrected chi connectivity index (χ0v) is 22.2. The fourth-order valence-electron chi connectivity index (χ4n) is 2.94. The van der Waals surface area contributed by atoms with E-state index in [0.717, 1.165) is 0 Å². The van der Waals surface area contributed by atoms with Gasteiger partial charge in [0.25, 0.3) is 5.91 Å². The molecule has 0 fully saturated rings. The van der Waals surface area contributed by atoms with Crippen LogP contribution in [0.2, 0.25) is 13.1 Å². The maximum atomic E-state index is 13.0. The largest absolute Gasteiger partial charge is 0.476 e. The molecule has 0 spiro atoms. The zero-order valence-electron chi connectivity index (χ0n) is 21.1. The van der Waals surface area contributed by atoms with E-state index in [1.807, 2.05) is 33.9 Å². The van der Waals surface area contributed by atoms with E-state index in [9.17, 15) is 24.6 Å². The van der Waals surface area contributed by atoms with Crippen LogP contribution in [0.25, 0.3) is 0 Å². The Morgan fingerprint density at radius 1 is 1.06 bits per heavy atom. The van der Waals surface area contributed by atoms with Crippen LogP contribution in [0.4, 0.5) is 0 Å². The van der Waals surface area contributed by atoms with Crippen molar-refractivity contribution in [3.05, 3.63) is 65.7 Å². The Labute approximate surface area is 212 Å². The number of benzene rings is 2. The summed E-state index contributed by atoms with van der Waals surface area (Å²) in [5.74, 6) is -3.49. The average molecular weight is 516 g/mol. The number of carbonyl (C=O) groups excluding carboxylic acids is 2. The lowest BCUT2D eigenvalue weighted by Gasteiger charge is -2.33. The van der Waals surface area contributed by atoms with E-state index < -0.39 is 45.5 Å². The van der Waals surface area contributed by atoms with Gasteiger partial charge < -0.3 is 19.5 Å². The first-order valence-electron chi connectivity index (χ1n) is 11.4. The molecule has 11 heteroatoms. The second-order valence-electron chi connectivity index (χ2n) is 9.22. The molecule has 36 heavy (non-hydrogen) atoms. The number of ether oxygens (including phenoxy) is 1. The maximum Gasteiger partial charge on any atom is 0.378 e. The molecule has 2 aromatic rings. The number of aliphatic carboxylic acids is 1. The number of carbonyl (C=O) groups is 3. The van der Waals surface area contributed by atoms with Crippen molar-refractivity contribution in [2.75, 3.05) is 6.61 Å². The predicted octanol–water partition coefficient (Wildman–Crippen LogP) is 2.58. The molecular weight excluding hydrogens is 482 g/mol. The molecule has 2 aromatic carbocycles. The van der Waals surface area contributed by atoms with Crippen LogP contribution in [0.15, 0.2) is 59.7 Å². The van der Waals surface area contributed by atoms with Gasteiger partial charge in [0.1, 0.15) is 5.75 Å². The molecule has 10 nitrogen and oxygen atoms in total. The number of hydrogen-bond donors (Lipinski definition) is 3. The molecule has 0 radical (unpaired) electrons. The van der Waals surface area contributed by atoms with E-state index in [2.05, 4.69) is 10.4 Å². The molecule has 1 atom stereocenters. The molecule has 0 heterocycles. The average Bonchev–Trinajstić information content (AvgIpc) is 2.81. The van der Waals surface area contributed by atoms with Crippen LogP contribution < -0.4 is 10.1 Å². The van der Waals surface area contributed by atoms with Crippen molar-refractivity contribution in [2.45, 2.75) is 51.5 Å². The summed E-state index contributed by atoms with van der Waals surface area (Å²) >= 11 is 0. The summed E-state index contributed by atoms with van der Waals surface area (Å²) in [4.78, 5) is 37.9. The highest BCUT2D eigenvalue weighted by atomic mass is 28.3. The third-order valence-electron chi connectivity index (χ3n) is 4.71. The van der Waals surface area contributed by atoms with Crippen molar-refractivity contribution >= 4 is 32.9 Å². The molecule has 2 rings (SSSR count). The van der Waals surface area contributed by atoms with Crippen LogP contribution in [-0.4, -0.2) is 66.2 Å². The first-order valence-corrected chi connectivity index (χ1v) is 14.2. The smallest absolute Gasteiger partial charge is 0.378 e. The van der Waals surface area contributed by atoms with Gasteiger partial charge in [-0.3, -0.25) is 14.9 Å². The van der Waals surface area contributed by atoms with Crippen LogP contribution in [0.1, 0.15) is 43.1 Å². The molecule has 0 bridgehead atoms. The molecule has 1 unspecified atom stereocenters. The number of hydrogen-bond acceptors (Lipinski definition) is 8. The van der Waals surface area contributed by atoms with Crippen molar-refractivity contribution in [3.8, 4) is 5.75 Å². The molecule has 1 amide bonds. The van der Waals surface area contributed by atoms with Crippen molar-refractivity contribution in [3.63, 3.8) is 0 Å². The monoisotopic (exact) mass is 515 g/mol. The topological polar surface area (TPSA) is 138 Å². The number of amides is 1. The number of aliphatic hydroxyl groups is 1. The fraction of sp³-hybridized carbons (Fsp3) is 0.360. The van der Waals surface area contributed by atoms with E-state index >= 15 is 0 Å². The van der Waals surface area contributed by atoms with Gasteiger partial charge in [-0.25, -0.2) is 4.79 Å². The number of aliphatic hydroxyl groups excluding tert-OH is 1. The number of hydrazone groups is 1. The van der Waals surface area contributed by atoms with E-state index in [0.29, 0.717) is 5.56 Å². The quantitative estimate of drug-likeness (QED) is 0.129. The Hall–Kier alpha value is -3.54. The summed E-state index contributed by atoms with van der Waals surface area (Å²) < 4.78 is 11.4. The van der Waals surface area contributed by atoms with Gasteiger partial charge in [-0.2, -0.15) is 10.3 Å². The lowest BCUT2D eigenvalue weighted by Crippen LogP contribution is -2.64. The number of carboxylic acids is 1. The van der Waals surface area contributed by atoms with Crippen molar-refractivity contribution in [1.82, 2.24) is 10.5 Å². The Kier molecular flexibility index (Phi) is 9.90. The third-order valence-corrected chi connectivity index (χ3v) is 5.33. The molecule has 194 valence electrons. The summed E-state index contributed by atoms with van der Waals surface area (Å²) in [7, 11) is -1.39. The molecule has 0 aliphatic carbocycles. The lowest BCUT2D eigenvalue weighted by molar-refractivity contribution is -0.164. The minimum absolute atomic E-state index is 0.0631. The lowest BCUT2D eigenvalue weighted by atomic mass is 10.0. The van der Waals surface area contributed by atoms with Gasteiger partial charge in [-0.05, 0) is 63.7 Å². The zero-order chi connectivity index (χ0) is 26.9. The van der Waals surface area contributed by atoms with Gasteiger partial charge in [0.15, 0.2) is 0 Å². The van der Waals surface area contributed by atoms with Gasteiger partial charge >= 0.3 is 11.7 Å². The Morgan fingerprint density at radius 3 is 2.17 bits per heavy atom. The Morgan fingerprint density at radius 2 is 1.67 bits per heavy atom. The SMILES string of the molecule is C[SiH](C)ON(/N=C/c1ccc(C(=O)NC(Oc2ccccc2)(C(=O)O)C(=O)CCO)cc1)C(C)(C)C. The summed E-state index contributed by atoms with van der Waals surface area (Å²) in [6, 6.07) is 14.0. The Bertz CT molecular complexity index is 1070. The number of Topliss-reactive ketones (excluding diaryl/α,β-unsaturated/α-hetero) is 1. The van der Waals surface area contributed by atoms with Gasteiger partial charge in [0.05, 0.1) is 18.4 Å². The summed E-state index contributed by atoms with van der Waals surface area (Å²) in [5.41, 5.74) is -2.29. The van der Waals surface area contributed by atoms with Crippen LogP contribution in [0, 0.1) is 0 Å². The van der Waals surface area contributed by atoms with Crippen LogP contribution in [0.3, 0.4) is 0 Å². The minimum atomic E-state index is -2.72. The maximum absolute atomic E-state index is 13.0. The molecule has 0 saturated carbocycles. The highest BCUT2D eigenvalue weighted by molar-refractivity contribution is 6.48. The number of carboxylic acid groups (broad SMARTS) is 1. The number of ketones is 1. The molecule has 0 aliphatic rings. The number of rotatable bonds is 12. The summed E-state index contributed by atoms with van der Waals surface area (Å²) in [6.07, 6.45) is 1.06. The van der Waals surface area contributed by atoms with Gasteiger partial charge in [-0.15, -0.1) is 0 Å². The first-order chi connectivity index (χ1) is 16.9. The van der Waals surface area contributed by atoms with E-state index in [1.54, 1.807) is 41.7 Å². The normalized spacial score (nSPS) is 13.3. The fourth-order valence-corrected chi connectivity index (χ4v) is 3.71. The second kappa shape index (κ2) is 12.4. The van der Waals surface area contributed by atoms with E-state index in [-0.39, 0.29) is 16.9 Å². The predicted molar refractivity (Wildman–Crippen MR) is 137 cm³/mol. The van der Waals surface area contributed by atoms with Crippen molar-refractivity contribution in [2.24, 2.45) is 5.10 Å². The number of nitrogens with one attached hydrogen (secondary N) is 1. The number of hydroxylamine groups is 1. The van der Waals surface area contributed by atoms with Gasteiger partial charge in [0, 0.05) is 12.0 Å². The Balaban J connectivity index is 2.28. The van der Waals surface area contributed by atoms with E-state index in [1.165, 1.54) is 24.3 Å². The van der Waals surface area contributed by atoms with E-state index in [4.69, 9.17) is 9.26 Å². The van der Waals surface area contributed by atoms with Crippen molar-refractivity contribution in [1.29, 1.82) is 0 Å². The third kappa shape index (κ3) is 7.73. The first kappa shape index (κ1) is 28.7. The highest BCUT2D eigenvalue weighted by Gasteiger charge is 2.50. The summed E-state index contributed by atoms with van der Waals surface area (Å²) in [6.45, 7) is 9.37. The molecule has 0 aliphatic heterocycles. The number of nitrogens with zero attached hydrogens (tertiary/aromatic N) is 2. The van der Waals surface area contributed by atoms with Crippen LogP contribution >= 0.6 is 0 Å². The second-order valence-corrected chi connectivity index (χ2v) is 11.5.